The van der Waals surface area contributed by atoms with Crippen LogP contribution in [0.5, 0.6) is 0 Å². The van der Waals surface area contributed by atoms with E-state index >= 15 is 0 Å². The average molecular weight is 216 g/mol. The molecule has 1 heteroatoms. The molecule has 0 aliphatic rings. The molecule has 0 atom stereocenters. The number of hydrogen-bond acceptors (Lipinski definition) is 1. The zero-order valence-electron chi connectivity index (χ0n) is 10.8. The fourth-order valence-electron chi connectivity index (χ4n) is 1.67. The van der Waals surface area contributed by atoms with Gasteiger partial charge in [-0.05, 0) is 38.0 Å². The van der Waals surface area contributed by atoms with Gasteiger partial charge in [-0.25, -0.2) is 0 Å². The summed E-state index contributed by atoms with van der Waals surface area (Å²) in [7, 11) is 0. The van der Waals surface area contributed by atoms with Crippen LogP contribution < -0.4 is 0 Å². The van der Waals surface area contributed by atoms with Gasteiger partial charge in [0.05, 0.1) is 0 Å². The lowest BCUT2D eigenvalue weighted by Crippen LogP contribution is -2.10. The molecule has 1 nitrogen and oxygen atoms in total. The van der Waals surface area contributed by atoms with Crippen molar-refractivity contribution in [1.82, 2.24) is 0 Å². The van der Waals surface area contributed by atoms with E-state index in [-0.39, 0.29) is 11.7 Å². The van der Waals surface area contributed by atoms with Gasteiger partial charge in [-0.1, -0.05) is 37.6 Å². The molecule has 0 fully saturated rings. The number of aryl methyl sites for hydroxylation is 1. The maximum absolute atomic E-state index is 12.1. The molecule has 0 saturated carbocycles. The molecule has 16 heavy (non-hydrogen) atoms. The van der Waals surface area contributed by atoms with Gasteiger partial charge in [-0.2, -0.15) is 0 Å². The van der Waals surface area contributed by atoms with E-state index in [1.807, 2.05) is 52.8 Å². The molecule has 0 unspecified atom stereocenters. The molecule has 86 valence electrons. The third-order valence-corrected chi connectivity index (χ3v) is 2.82. The summed E-state index contributed by atoms with van der Waals surface area (Å²) in [5.74, 6) is 0.269. The fraction of sp³-hybridized carbons (Fsp3) is 0.400. The van der Waals surface area contributed by atoms with E-state index in [9.17, 15) is 4.79 Å². The lowest BCUT2D eigenvalue weighted by Gasteiger charge is -2.12. The number of carbonyl (C=O) groups excluding carboxylic acids is 1. The minimum absolute atomic E-state index is 0.0465. The quantitative estimate of drug-likeness (QED) is 0.690. The summed E-state index contributed by atoms with van der Waals surface area (Å²) in [4.78, 5) is 12.1. The van der Waals surface area contributed by atoms with Gasteiger partial charge in [0.15, 0.2) is 5.78 Å². The first kappa shape index (κ1) is 12.7. The van der Waals surface area contributed by atoms with Crippen molar-refractivity contribution in [3.05, 3.63) is 41.0 Å². The van der Waals surface area contributed by atoms with E-state index in [2.05, 4.69) is 6.07 Å². The number of allylic oxidation sites excluding steroid dienone is 2. The van der Waals surface area contributed by atoms with Crippen LogP contribution in [0.15, 0.2) is 24.3 Å². The summed E-state index contributed by atoms with van der Waals surface area (Å²) in [6.45, 7) is 9.95. The van der Waals surface area contributed by atoms with Crippen molar-refractivity contribution in [1.29, 1.82) is 0 Å². The van der Waals surface area contributed by atoms with Gasteiger partial charge in [0.25, 0.3) is 0 Å². The molecule has 0 amide bonds. The predicted molar refractivity (Wildman–Crippen MR) is 69.7 cm³/mol. The first-order valence-corrected chi connectivity index (χ1v) is 5.75. The summed E-state index contributed by atoms with van der Waals surface area (Å²) >= 11 is 0. The molecular weight excluding hydrogens is 196 g/mol. The predicted octanol–water partition coefficient (Wildman–Crippen LogP) is 4.26. The number of carbonyl (C=O) groups is 1. The molecule has 0 aliphatic carbocycles. The molecule has 0 saturated heterocycles. The Morgan fingerprint density at radius 3 is 2.38 bits per heavy atom. The Morgan fingerprint density at radius 2 is 1.88 bits per heavy atom. The van der Waals surface area contributed by atoms with Crippen LogP contribution in [0.3, 0.4) is 0 Å². The lowest BCUT2D eigenvalue weighted by molar-refractivity contribution is 0.0939. The Bertz CT molecular complexity index is 425. The minimum atomic E-state index is 0.0465. The van der Waals surface area contributed by atoms with Gasteiger partial charge in [0, 0.05) is 11.5 Å². The monoisotopic (exact) mass is 216 g/mol. The Labute approximate surface area is 98.2 Å². The van der Waals surface area contributed by atoms with Crippen molar-refractivity contribution < 1.29 is 4.79 Å². The van der Waals surface area contributed by atoms with Gasteiger partial charge < -0.3 is 0 Å². The highest BCUT2D eigenvalue weighted by molar-refractivity contribution is 6.01. The second-order valence-corrected chi connectivity index (χ2v) is 4.54. The van der Waals surface area contributed by atoms with Crippen molar-refractivity contribution in [2.75, 3.05) is 0 Å². The van der Waals surface area contributed by atoms with Gasteiger partial charge in [0.2, 0.25) is 0 Å². The standard InChI is InChI=1S/C15H20O/c1-6-12(5)13-8-7-11(4)9-14(13)15(16)10(2)3/h6-10H,1-5H3. The zero-order valence-corrected chi connectivity index (χ0v) is 10.8. The molecular formula is C15H20O. The first-order chi connectivity index (χ1) is 7.47. The van der Waals surface area contributed by atoms with Gasteiger partial charge >= 0.3 is 0 Å². The van der Waals surface area contributed by atoms with Crippen molar-refractivity contribution >= 4 is 11.4 Å². The van der Waals surface area contributed by atoms with Gasteiger partial charge in [-0.3, -0.25) is 4.79 Å². The largest absolute Gasteiger partial charge is 0.294 e. The van der Waals surface area contributed by atoms with Gasteiger partial charge in [-0.15, -0.1) is 0 Å². The Kier molecular flexibility index (Phi) is 4.05. The summed E-state index contributed by atoms with van der Waals surface area (Å²) in [6, 6.07) is 6.09. The summed E-state index contributed by atoms with van der Waals surface area (Å²) in [6.07, 6.45) is 2.04. The van der Waals surface area contributed by atoms with Crippen molar-refractivity contribution in [2.45, 2.75) is 34.6 Å². The topological polar surface area (TPSA) is 17.1 Å². The molecule has 1 aromatic rings. The van der Waals surface area contributed by atoms with Crippen LogP contribution in [-0.2, 0) is 0 Å². The molecule has 0 heterocycles. The van der Waals surface area contributed by atoms with E-state index in [0.29, 0.717) is 0 Å². The van der Waals surface area contributed by atoms with Crippen molar-refractivity contribution in [2.24, 2.45) is 5.92 Å². The average Bonchev–Trinajstić information content (AvgIpc) is 2.26. The van der Waals surface area contributed by atoms with Crippen molar-refractivity contribution in [3.63, 3.8) is 0 Å². The molecule has 0 spiro atoms. The maximum Gasteiger partial charge on any atom is 0.166 e. The second kappa shape index (κ2) is 5.11. The molecule has 0 N–H and O–H groups in total. The van der Waals surface area contributed by atoms with E-state index in [1.54, 1.807) is 0 Å². The van der Waals surface area contributed by atoms with E-state index in [4.69, 9.17) is 0 Å². The fourth-order valence-corrected chi connectivity index (χ4v) is 1.67. The third kappa shape index (κ3) is 2.60. The number of hydrogen-bond donors (Lipinski definition) is 0. The zero-order chi connectivity index (χ0) is 12.3. The number of benzene rings is 1. The Hall–Kier alpha value is -1.37. The normalized spacial score (nSPS) is 12.0. The highest BCUT2D eigenvalue weighted by atomic mass is 16.1. The number of rotatable bonds is 3. The maximum atomic E-state index is 12.1. The van der Waals surface area contributed by atoms with E-state index in [0.717, 1.165) is 22.3 Å². The van der Waals surface area contributed by atoms with E-state index in [1.165, 1.54) is 0 Å². The van der Waals surface area contributed by atoms with Crippen LogP contribution in [0.25, 0.3) is 5.57 Å². The summed E-state index contributed by atoms with van der Waals surface area (Å²) in [5.41, 5.74) is 4.21. The van der Waals surface area contributed by atoms with Crippen LogP contribution in [0.1, 0.15) is 49.2 Å². The highest BCUT2D eigenvalue weighted by Crippen LogP contribution is 2.22. The smallest absolute Gasteiger partial charge is 0.166 e. The molecule has 1 aromatic carbocycles. The van der Waals surface area contributed by atoms with Crippen LogP contribution in [0, 0.1) is 12.8 Å². The summed E-state index contributed by atoms with van der Waals surface area (Å²) < 4.78 is 0. The molecule has 0 bridgehead atoms. The van der Waals surface area contributed by atoms with Crippen LogP contribution in [0.2, 0.25) is 0 Å². The van der Waals surface area contributed by atoms with Gasteiger partial charge in [0.1, 0.15) is 0 Å². The summed E-state index contributed by atoms with van der Waals surface area (Å²) in [5, 5.41) is 0. The Morgan fingerprint density at radius 1 is 1.25 bits per heavy atom. The van der Waals surface area contributed by atoms with E-state index < -0.39 is 0 Å². The van der Waals surface area contributed by atoms with Crippen LogP contribution in [-0.4, -0.2) is 5.78 Å². The molecule has 1 rings (SSSR count). The lowest BCUT2D eigenvalue weighted by atomic mass is 9.91. The SMILES string of the molecule is CC=C(C)c1ccc(C)cc1C(=O)C(C)C. The highest BCUT2D eigenvalue weighted by Gasteiger charge is 2.15. The molecule has 0 radical (unpaired) electrons. The van der Waals surface area contributed by atoms with Crippen molar-refractivity contribution in [3.8, 4) is 0 Å². The van der Waals surface area contributed by atoms with Crippen LogP contribution >= 0.6 is 0 Å². The first-order valence-electron chi connectivity index (χ1n) is 5.75. The Balaban J connectivity index is 3.35. The third-order valence-electron chi connectivity index (χ3n) is 2.82. The minimum Gasteiger partial charge on any atom is -0.294 e. The second-order valence-electron chi connectivity index (χ2n) is 4.54. The number of Topliss-reactive ketones (excluding diaryl/α,β-unsaturated/α-hetero) is 1. The van der Waals surface area contributed by atoms with Crippen LogP contribution in [0.4, 0.5) is 0 Å². The molecule has 0 aromatic heterocycles. The number of ketones is 1. The molecule has 0 aliphatic heterocycles.